The Morgan fingerprint density at radius 1 is 1.00 bits per heavy atom. The van der Waals surface area contributed by atoms with Crippen molar-refractivity contribution in [2.45, 2.75) is 37.6 Å². The number of urea groups is 1. The molecule has 0 bridgehead atoms. The molecular formula is C14H14Cl2N2O2. The van der Waals surface area contributed by atoms with Gasteiger partial charge in [-0.25, -0.2) is 9.69 Å². The van der Waals surface area contributed by atoms with E-state index in [0.29, 0.717) is 28.6 Å². The van der Waals surface area contributed by atoms with Gasteiger partial charge < -0.3 is 5.32 Å². The SMILES string of the molecule is O=C1NC2(CCCCC2)C(=O)N1c1cc(Cl)cc(Cl)c1. The van der Waals surface area contributed by atoms with Crippen molar-refractivity contribution in [2.75, 3.05) is 4.90 Å². The number of nitrogens with zero attached hydrogens (tertiary/aromatic N) is 1. The molecule has 1 heterocycles. The van der Waals surface area contributed by atoms with E-state index in [-0.39, 0.29) is 5.91 Å². The minimum absolute atomic E-state index is 0.194. The summed E-state index contributed by atoms with van der Waals surface area (Å²) in [6.45, 7) is 0. The average molecular weight is 313 g/mol. The predicted octanol–water partition coefficient (Wildman–Crippen LogP) is 3.75. The smallest absolute Gasteiger partial charge is 0.323 e. The summed E-state index contributed by atoms with van der Waals surface area (Å²) < 4.78 is 0. The molecule has 1 aromatic rings. The maximum Gasteiger partial charge on any atom is 0.329 e. The van der Waals surface area contributed by atoms with Crippen LogP contribution in [0.5, 0.6) is 0 Å². The van der Waals surface area contributed by atoms with Gasteiger partial charge in [-0.2, -0.15) is 0 Å². The van der Waals surface area contributed by atoms with Crippen molar-refractivity contribution in [3.05, 3.63) is 28.2 Å². The van der Waals surface area contributed by atoms with Gasteiger partial charge in [0.2, 0.25) is 0 Å². The van der Waals surface area contributed by atoms with Crippen LogP contribution in [0.15, 0.2) is 18.2 Å². The molecule has 1 spiro atoms. The second-order valence-electron chi connectivity index (χ2n) is 5.34. The van der Waals surface area contributed by atoms with Crippen molar-refractivity contribution < 1.29 is 9.59 Å². The van der Waals surface area contributed by atoms with Gasteiger partial charge in [0.05, 0.1) is 5.69 Å². The molecule has 6 heteroatoms. The number of nitrogens with one attached hydrogen (secondary N) is 1. The lowest BCUT2D eigenvalue weighted by Crippen LogP contribution is -2.48. The van der Waals surface area contributed by atoms with Crippen LogP contribution in [-0.4, -0.2) is 17.5 Å². The average Bonchev–Trinajstić information content (AvgIpc) is 2.60. The van der Waals surface area contributed by atoms with Crippen LogP contribution in [0.25, 0.3) is 0 Å². The molecule has 1 aliphatic heterocycles. The normalized spacial score (nSPS) is 21.4. The summed E-state index contributed by atoms with van der Waals surface area (Å²) in [5.41, 5.74) is -0.308. The van der Waals surface area contributed by atoms with Crippen LogP contribution >= 0.6 is 23.2 Å². The zero-order chi connectivity index (χ0) is 14.3. The molecule has 20 heavy (non-hydrogen) atoms. The molecule has 1 N–H and O–H groups in total. The first-order valence-corrected chi connectivity index (χ1v) is 7.40. The summed E-state index contributed by atoms with van der Waals surface area (Å²) in [5.74, 6) is -0.194. The van der Waals surface area contributed by atoms with E-state index in [1.54, 1.807) is 18.2 Å². The summed E-state index contributed by atoms with van der Waals surface area (Å²) >= 11 is 11.9. The van der Waals surface area contributed by atoms with Crippen LogP contribution in [0.4, 0.5) is 10.5 Å². The van der Waals surface area contributed by atoms with E-state index >= 15 is 0 Å². The summed E-state index contributed by atoms with van der Waals surface area (Å²) in [6, 6.07) is 4.33. The fourth-order valence-corrected chi connectivity index (χ4v) is 3.53. The van der Waals surface area contributed by atoms with Gasteiger partial charge >= 0.3 is 6.03 Å². The highest BCUT2D eigenvalue weighted by Crippen LogP contribution is 2.37. The fourth-order valence-electron chi connectivity index (χ4n) is 3.02. The van der Waals surface area contributed by atoms with Crippen LogP contribution in [0.2, 0.25) is 10.0 Å². The number of rotatable bonds is 1. The van der Waals surface area contributed by atoms with Crippen LogP contribution in [-0.2, 0) is 4.79 Å². The standard InChI is InChI=1S/C14H14Cl2N2O2/c15-9-6-10(16)8-11(7-9)18-12(19)14(17-13(18)20)4-2-1-3-5-14/h6-8H,1-5H2,(H,17,20). The summed E-state index contributed by atoms with van der Waals surface area (Å²) in [5, 5.41) is 3.66. The molecule has 0 atom stereocenters. The highest BCUT2D eigenvalue weighted by molar-refractivity contribution is 6.35. The quantitative estimate of drug-likeness (QED) is 0.803. The Bertz CT molecular complexity index is 562. The van der Waals surface area contributed by atoms with Crippen molar-refractivity contribution in [3.63, 3.8) is 0 Å². The van der Waals surface area contributed by atoms with Crippen LogP contribution in [0.1, 0.15) is 32.1 Å². The first-order chi connectivity index (χ1) is 9.52. The van der Waals surface area contributed by atoms with E-state index < -0.39 is 11.6 Å². The highest BCUT2D eigenvalue weighted by atomic mass is 35.5. The second kappa shape index (κ2) is 4.93. The number of imide groups is 1. The predicted molar refractivity (Wildman–Crippen MR) is 78.3 cm³/mol. The van der Waals surface area contributed by atoms with Gasteiger partial charge in [0.25, 0.3) is 5.91 Å². The molecule has 2 fully saturated rings. The number of halogens is 2. The van der Waals surface area contributed by atoms with Gasteiger partial charge in [-0.05, 0) is 31.0 Å². The molecular weight excluding hydrogens is 299 g/mol. The number of hydrogen-bond acceptors (Lipinski definition) is 2. The molecule has 3 rings (SSSR count). The van der Waals surface area contributed by atoms with Crippen molar-refractivity contribution in [1.82, 2.24) is 5.32 Å². The topological polar surface area (TPSA) is 49.4 Å². The zero-order valence-corrected chi connectivity index (χ0v) is 12.3. The minimum Gasteiger partial charge on any atom is -0.323 e. The second-order valence-corrected chi connectivity index (χ2v) is 6.21. The molecule has 1 aromatic carbocycles. The first kappa shape index (κ1) is 13.7. The van der Waals surface area contributed by atoms with Crippen molar-refractivity contribution in [3.8, 4) is 0 Å². The Kier molecular flexibility index (Phi) is 3.38. The van der Waals surface area contributed by atoms with Crippen LogP contribution < -0.4 is 10.2 Å². The van der Waals surface area contributed by atoms with Gasteiger partial charge in [0, 0.05) is 10.0 Å². The lowest BCUT2D eigenvalue weighted by molar-refractivity contribution is -0.123. The number of benzene rings is 1. The Balaban J connectivity index is 1.98. The van der Waals surface area contributed by atoms with E-state index in [1.807, 2.05) is 0 Å². The molecule has 1 saturated carbocycles. The van der Waals surface area contributed by atoms with Crippen molar-refractivity contribution >= 4 is 40.8 Å². The van der Waals surface area contributed by atoms with Gasteiger partial charge in [0.1, 0.15) is 5.54 Å². The molecule has 1 saturated heterocycles. The lowest BCUT2D eigenvalue weighted by atomic mass is 9.82. The zero-order valence-electron chi connectivity index (χ0n) is 10.8. The molecule has 106 valence electrons. The maximum atomic E-state index is 12.7. The third kappa shape index (κ3) is 2.17. The van der Waals surface area contributed by atoms with E-state index in [9.17, 15) is 9.59 Å². The molecule has 0 radical (unpaired) electrons. The van der Waals surface area contributed by atoms with Gasteiger partial charge in [-0.3, -0.25) is 4.79 Å². The fraction of sp³-hybridized carbons (Fsp3) is 0.429. The number of carbonyl (C=O) groups is 2. The van der Waals surface area contributed by atoms with Crippen LogP contribution in [0.3, 0.4) is 0 Å². The Morgan fingerprint density at radius 2 is 1.60 bits per heavy atom. The molecule has 0 unspecified atom stereocenters. The molecule has 3 amide bonds. The number of hydrogen-bond donors (Lipinski definition) is 1. The molecule has 2 aliphatic rings. The molecule has 1 aliphatic carbocycles. The number of anilines is 1. The summed E-state index contributed by atoms with van der Waals surface area (Å²) in [6.07, 6.45) is 4.41. The van der Waals surface area contributed by atoms with Crippen LogP contribution in [0, 0.1) is 0 Å². The van der Waals surface area contributed by atoms with Crippen molar-refractivity contribution in [2.24, 2.45) is 0 Å². The third-order valence-corrected chi connectivity index (χ3v) is 4.41. The van der Waals surface area contributed by atoms with Crippen molar-refractivity contribution in [1.29, 1.82) is 0 Å². The lowest BCUT2D eigenvalue weighted by Gasteiger charge is -2.30. The Labute approximate surface area is 127 Å². The summed E-state index contributed by atoms with van der Waals surface area (Å²) in [7, 11) is 0. The molecule has 0 aromatic heterocycles. The number of amides is 3. The van der Waals surface area contributed by atoms with Gasteiger partial charge in [0.15, 0.2) is 0 Å². The Morgan fingerprint density at radius 3 is 2.20 bits per heavy atom. The van der Waals surface area contributed by atoms with E-state index in [0.717, 1.165) is 24.2 Å². The first-order valence-electron chi connectivity index (χ1n) is 6.65. The highest BCUT2D eigenvalue weighted by Gasteiger charge is 2.51. The summed E-state index contributed by atoms with van der Waals surface area (Å²) in [4.78, 5) is 26.0. The minimum atomic E-state index is -0.732. The maximum absolute atomic E-state index is 12.7. The van der Waals surface area contributed by atoms with Gasteiger partial charge in [-0.15, -0.1) is 0 Å². The largest absolute Gasteiger partial charge is 0.329 e. The Hall–Kier alpha value is -1.26. The van der Waals surface area contributed by atoms with E-state index in [2.05, 4.69) is 5.32 Å². The third-order valence-electron chi connectivity index (χ3n) is 3.97. The van der Waals surface area contributed by atoms with Gasteiger partial charge in [-0.1, -0.05) is 42.5 Å². The van der Waals surface area contributed by atoms with E-state index in [1.165, 1.54) is 0 Å². The monoisotopic (exact) mass is 312 g/mol. The molecule has 4 nitrogen and oxygen atoms in total. The number of carbonyl (C=O) groups excluding carboxylic acids is 2. The van der Waals surface area contributed by atoms with E-state index in [4.69, 9.17) is 23.2 Å².